The number of carbonyl (C=O) groups excluding carboxylic acids is 1. The molecule has 1 heterocycles. The lowest BCUT2D eigenvalue weighted by atomic mass is 10.3. The lowest BCUT2D eigenvalue weighted by Gasteiger charge is -2.09. The molecule has 0 atom stereocenters. The van der Waals surface area contributed by atoms with Crippen LogP contribution >= 0.6 is 11.8 Å². The number of amides is 1. The van der Waals surface area contributed by atoms with E-state index in [-0.39, 0.29) is 17.3 Å². The number of hydrogen-bond donors (Lipinski definition) is 1. The van der Waals surface area contributed by atoms with Crippen LogP contribution in [0.5, 0.6) is 0 Å². The van der Waals surface area contributed by atoms with Crippen LogP contribution in [0.15, 0.2) is 29.4 Å². The number of imidazole rings is 1. The van der Waals surface area contributed by atoms with Gasteiger partial charge in [0.15, 0.2) is 5.16 Å². The van der Waals surface area contributed by atoms with Gasteiger partial charge in [-0.3, -0.25) is 14.9 Å². The fraction of sp³-hybridized carbons (Fsp3) is 0.375. The maximum absolute atomic E-state index is 12.1. The van der Waals surface area contributed by atoms with E-state index in [1.54, 1.807) is 13.2 Å². The number of ether oxygens (including phenoxy) is 1. The molecule has 0 aliphatic carbocycles. The van der Waals surface area contributed by atoms with Gasteiger partial charge in [-0.05, 0) is 19.9 Å². The molecule has 0 saturated heterocycles. The van der Waals surface area contributed by atoms with Crippen molar-refractivity contribution in [3.8, 4) is 0 Å². The summed E-state index contributed by atoms with van der Waals surface area (Å²) in [5.41, 5.74) is 2.29. The summed E-state index contributed by atoms with van der Waals surface area (Å²) in [6.45, 7) is 5.12. The Morgan fingerprint density at radius 1 is 1.44 bits per heavy atom. The largest absolute Gasteiger partial charge is 0.383 e. The molecule has 25 heavy (non-hydrogen) atoms. The third kappa shape index (κ3) is 5.04. The minimum absolute atomic E-state index is 0.0631. The van der Waals surface area contributed by atoms with Crippen LogP contribution in [-0.4, -0.2) is 39.9 Å². The summed E-state index contributed by atoms with van der Waals surface area (Å²) < 4.78 is 7.13. The van der Waals surface area contributed by atoms with Crippen LogP contribution in [0.3, 0.4) is 0 Å². The molecule has 8 nitrogen and oxygen atoms in total. The number of methoxy groups -OCH3 is 1. The van der Waals surface area contributed by atoms with E-state index in [2.05, 4.69) is 10.3 Å². The topological polar surface area (TPSA) is 99.3 Å². The fourth-order valence-corrected chi connectivity index (χ4v) is 3.12. The van der Waals surface area contributed by atoms with Gasteiger partial charge in [-0.2, -0.15) is 0 Å². The van der Waals surface area contributed by atoms with Crippen molar-refractivity contribution in [1.29, 1.82) is 0 Å². The van der Waals surface area contributed by atoms with E-state index < -0.39 is 4.92 Å². The Kier molecular flexibility index (Phi) is 6.54. The van der Waals surface area contributed by atoms with Gasteiger partial charge in [-0.1, -0.05) is 17.8 Å². The first kappa shape index (κ1) is 18.9. The van der Waals surface area contributed by atoms with Gasteiger partial charge < -0.3 is 14.6 Å². The predicted molar refractivity (Wildman–Crippen MR) is 96.0 cm³/mol. The van der Waals surface area contributed by atoms with Gasteiger partial charge in [0.05, 0.1) is 23.0 Å². The molecule has 0 bridgehead atoms. The van der Waals surface area contributed by atoms with Crippen molar-refractivity contribution < 1.29 is 14.5 Å². The Morgan fingerprint density at radius 2 is 2.20 bits per heavy atom. The van der Waals surface area contributed by atoms with E-state index in [0.717, 1.165) is 16.5 Å². The van der Waals surface area contributed by atoms with Gasteiger partial charge in [0.25, 0.3) is 5.69 Å². The summed E-state index contributed by atoms with van der Waals surface area (Å²) in [5.74, 6) is -0.0898. The van der Waals surface area contributed by atoms with Crippen molar-refractivity contribution in [2.45, 2.75) is 25.5 Å². The average Bonchev–Trinajstić information content (AvgIpc) is 2.85. The van der Waals surface area contributed by atoms with Gasteiger partial charge in [0, 0.05) is 37.2 Å². The van der Waals surface area contributed by atoms with E-state index >= 15 is 0 Å². The fourth-order valence-electron chi connectivity index (χ4n) is 2.20. The van der Waals surface area contributed by atoms with Crippen LogP contribution in [0.2, 0.25) is 0 Å². The first-order valence-corrected chi connectivity index (χ1v) is 8.60. The molecule has 1 amide bonds. The average molecular weight is 364 g/mol. The van der Waals surface area contributed by atoms with E-state index in [1.807, 2.05) is 18.4 Å². The molecule has 2 aromatic rings. The predicted octanol–water partition coefficient (Wildman–Crippen LogP) is 2.79. The van der Waals surface area contributed by atoms with Gasteiger partial charge >= 0.3 is 0 Å². The van der Waals surface area contributed by atoms with Crippen molar-refractivity contribution in [3.63, 3.8) is 0 Å². The Hall–Kier alpha value is -2.39. The number of non-ortho nitro benzene ring substituents is 1. The summed E-state index contributed by atoms with van der Waals surface area (Å²) >= 11 is 1.32. The maximum Gasteiger partial charge on any atom is 0.271 e. The molecule has 0 aliphatic rings. The standard InChI is InChI=1S/C16H20N4O4S/c1-11-12(2)19(7-8-24-3)16(17-11)25-10-15(21)18-13-5-4-6-14(9-13)20(22)23/h4-6,9H,7-8,10H2,1-3H3,(H,18,21). The van der Waals surface area contributed by atoms with Crippen LogP contribution in [0, 0.1) is 24.0 Å². The molecule has 1 N–H and O–H groups in total. The third-order valence-electron chi connectivity index (χ3n) is 3.61. The van der Waals surface area contributed by atoms with Crippen LogP contribution in [-0.2, 0) is 16.1 Å². The number of nitrogens with zero attached hydrogens (tertiary/aromatic N) is 3. The molecule has 9 heteroatoms. The number of hydrogen-bond acceptors (Lipinski definition) is 6. The third-order valence-corrected chi connectivity index (χ3v) is 4.59. The van der Waals surface area contributed by atoms with Crippen LogP contribution in [0.4, 0.5) is 11.4 Å². The van der Waals surface area contributed by atoms with Crippen LogP contribution < -0.4 is 5.32 Å². The molecule has 1 aromatic carbocycles. The van der Waals surface area contributed by atoms with Crippen molar-refractivity contribution >= 4 is 29.0 Å². The van der Waals surface area contributed by atoms with Gasteiger partial charge in [0.1, 0.15) is 0 Å². The Morgan fingerprint density at radius 3 is 2.88 bits per heavy atom. The zero-order valence-electron chi connectivity index (χ0n) is 14.3. The lowest BCUT2D eigenvalue weighted by molar-refractivity contribution is -0.384. The molecule has 0 unspecified atom stereocenters. The zero-order valence-corrected chi connectivity index (χ0v) is 15.1. The molecule has 0 radical (unpaired) electrons. The number of nitro groups is 1. The number of anilines is 1. The monoisotopic (exact) mass is 364 g/mol. The number of aryl methyl sites for hydroxylation is 1. The van der Waals surface area contributed by atoms with Gasteiger partial charge in [-0.25, -0.2) is 4.98 Å². The molecule has 0 spiro atoms. The van der Waals surface area contributed by atoms with Crippen LogP contribution in [0.25, 0.3) is 0 Å². The highest BCUT2D eigenvalue weighted by Gasteiger charge is 2.14. The number of nitro benzene ring substituents is 1. The molecule has 0 fully saturated rings. The summed E-state index contributed by atoms with van der Waals surface area (Å²) in [5, 5.41) is 14.2. The summed E-state index contributed by atoms with van der Waals surface area (Å²) in [7, 11) is 1.64. The number of rotatable bonds is 8. The number of nitrogens with one attached hydrogen (secondary N) is 1. The molecular weight excluding hydrogens is 344 g/mol. The Balaban J connectivity index is 1.99. The number of aromatic nitrogens is 2. The first-order chi connectivity index (χ1) is 11.9. The SMILES string of the molecule is COCCn1c(SCC(=O)Nc2cccc([N+](=O)[O-])c2)nc(C)c1C. The molecule has 2 rings (SSSR count). The second kappa shape index (κ2) is 8.63. The lowest BCUT2D eigenvalue weighted by Crippen LogP contribution is -2.15. The number of benzene rings is 1. The number of thioether (sulfide) groups is 1. The minimum atomic E-state index is -0.497. The van der Waals surface area contributed by atoms with E-state index in [9.17, 15) is 14.9 Å². The molecule has 1 aromatic heterocycles. The smallest absolute Gasteiger partial charge is 0.271 e. The van der Waals surface area contributed by atoms with Crippen molar-refractivity contribution in [2.75, 3.05) is 24.8 Å². The summed E-state index contributed by atoms with van der Waals surface area (Å²) in [6, 6.07) is 5.85. The highest BCUT2D eigenvalue weighted by Crippen LogP contribution is 2.22. The van der Waals surface area contributed by atoms with E-state index in [4.69, 9.17) is 4.74 Å². The zero-order chi connectivity index (χ0) is 18.4. The molecule has 0 saturated carbocycles. The second-order valence-corrected chi connectivity index (χ2v) is 6.30. The molecule has 134 valence electrons. The van der Waals surface area contributed by atoms with Gasteiger partial charge in [0.2, 0.25) is 5.91 Å². The summed E-state index contributed by atoms with van der Waals surface area (Å²) in [4.78, 5) is 26.9. The number of carbonyl (C=O) groups is 1. The minimum Gasteiger partial charge on any atom is -0.383 e. The molecule has 0 aliphatic heterocycles. The normalized spacial score (nSPS) is 10.7. The maximum atomic E-state index is 12.1. The van der Waals surface area contributed by atoms with Crippen molar-refractivity contribution in [3.05, 3.63) is 45.8 Å². The van der Waals surface area contributed by atoms with E-state index in [0.29, 0.717) is 18.8 Å². The van der Waals surface area contributed by atoms with Crippen molar-refractivity contribution in [1.82, 2.24) is 9.55 Å². The highest BCUT2D eigenvalue weighted by atomic mass is 32.2. The Bertz CT molecular complexity index is 775. The highest BCUT2D eigenvalue weighted by molar-refractivity contribution is 7.99. The first-order valence-electron chi connectivity index (χ1n) is 7.62. The summed E-state index contributed by atoms with van der Waals surface area (Å²) in [6.07, 6.45) is 0. The second-order valence-electron chi connectivity index (χ2n) is 5.35. The van der Waals surface area contributed by atoms with E-state index in [1.165, 1.54) is 30.0 Å². The molecular formula is C16H20N4O4S. The van der Waals surface area contributed by atoms with Crippen LogP contribution in [0.1, 0.15) is 11.4 Å². The Labute approximate surface area is 149 Å². The van der Waals surface area contributed by atoms with Crippen molar-refractivity contribution in [2.24, 2.45) is 0 Å². The van der Waals surface area contributed by atoms with Gasteiger partial charge in [-0.15, -0.1) is 0 Å². The quantitative estimate of drug-likeness (QED) is 0.439.